The molecule has 1 aromatic heterocycles. The predicted molar refractivity (Wildman–Crippen MR) is 68.1 cm³/mol. The monoisotopic (exact) mass is 306 g/mol. The summed E-state index contributed by atoms with van der Waals surface area (Å²) < 4.78 is 49.4. The van der Waals surface area contributed by atoms with E-state index in [0.29, 0.717) is 0 Å². The number of thiazole rings is 1. The second kappa shape index (κ2) is 5.30. The van der Waals surface area contributed by atoms with Gasteiger partial charge in [-0.1, -0.05) is 0 Å². The molecule has 1 heterocycles. The summed E-state index contributed by atoms with van der Waals surface area (Å²) in [6, 6.07) is 2.85. The average Bonchev–Trinajstić information content (AvgIpc) is 2.80. The van der Waals surface area contributed by atoms with Crippen LogP contribution < -0.4 is 5.73 Å². The summed E-state index contributed by atoms with van der Waals surface area (Å²) >= 11 is 1.33. The van der Waals surface area contributed by atoms with Crippen molar-refractivity contribution in [2.75, 3.05) is 5.73 Å². The van der Waals surface area contributed by atoms with E-state index in [9.17, 15) is 17.4 Å². The van der Waals surface area contributed by atoms with Crippen LogP contribution in [0.4, 0.5) is 18.9 Å². The van der Waals surface area contributed by atoms with Crippen LogP contribution in [0.3, 0.4) is 0 Å². The molecule has 1 unspecified atom stereocenters. The van der Waals surface area contributed by atoms with Gasteiger partial charge in [-0.15, -0.1) is 11.3 Å². The van der Waals surface area contributed by atoms with Gasteiger partial charge in [0.1, 0.15) is 0 Å². The quantitative estimate of drug-likeness (QED) is 0.887. The number of hydrogen-bond donors (Lipinski definition) is 1. The van der Waals surface area contributed by atoms with E-state index in [0.717, 1.165) is 23.1 Å². The van der Waals surface area contributed by atoms with Crippen molar-refractivity contribution in [2.24, 2.45) is 0 Å². The molecule has 1 aromatic carbocycles. The van der Waals surface area contributed by atoms with Crippen LogP contribution in [0, 0.1) is 0 Å². The Labute approximate surface area is 113 Å². The van der Waals surface area contributed by atoms with Gasteiger partial charge in [0.25, 0.3) is 0 Å². The van der Waals surface area contributed by atoms with E-state index in [2.05, 4.69) is 4.98 Å². The highest BCUT2D eigenvalue weighted by Crippen LogP contribution is 2.32. The third kappa shape index (κ3) is 3.32. The van der Waals surface area contributed by atoms with Gasteiger partial charge in [-0.25, -0.2) is 0 Å². The standard InChI is InChI=1S/C11H9F3N2OS2/c12-11(13,14)7-1-2-10(9(15)3-7)19(17)5-8-4-16-6-18-8/h1-4,6H,5,15H2. The maximum absolute atomic E-state index is 12.5. The highest BCUT2D eigenvalue weighted by molar-refractivity contribution is 7.84. The van der Waals surface area contributed by atoms with Crippen molar-refractivity contribution in [3.05, 3.63) is 40.3 Å². The first-order valence-corrected chi connectivity index (χ1v) is 7.30. The van der Waals surface area contributed by atoms with Gasteiger partial charge >= 0.3 is 6.18 Å². The van der Waals surface area contributed by atoms with E-state index in [1.54, 1.807) is 11.7 Å². The van der Waals surface area contributed by atoms with Gasteiger partial charge in [0.2, 0.25) is 0 Å². The average molecular weight is 306 g/mol. The Morgan fingerprint density at radius 3 is 2.63 bits per heavy atom. The van der Waals surface area contributed by atoms with Gasteiger partial charge in [0, 0.05) is 16.8 Å². The van der Waals surface area contributed by atoms with E-state index in [-0.39, 0.29) is 16.3 Å². The minimum atomic E-state index is -4.45. The van der Waals surface area contributed by atoms with Crippen molar-refractivity contribution in [1.82, 2.24) is 4.98 Å². The maximum Gasteiger partial charge on any atom is 0.416 e. The van der Waals surface area contributed by atoms with Crippen LogP contribution in [-0.4, -0.2) is 9.19 Å². The van der Waals surface area contributed by atoms with Crippen LogP contribution >= 0.6 is 11.3 Å². The van der Waals surface area contributed by atoms with Gasteiger partial charge < -0.3 is 5.73 Å². The first-order valence-electron chi connectivity index (χ1n) is 5.10. The molecular weight excluding hydrogens is 297 g/mol. The minimum Gasteiger partial charge on any atom is -0.398 e. The first-order chi connectivity index (χ1) is 8.88. The molecule has 0 amide bonds. The lowest BCUT2D eigenvalue weighted by Crippen LogP contribution is -2.07. The largest absolute Gasteiger partial charge is 0.416 e. The van der Waals surface area contributed by atoms with E-state index in [4.69, 9.17) is 5.73 Å². The molecule has 0 fully saturated rings. The molecule has 2 N–H and O–H groups in total. The van der Waals surface area contributed by atoms with E-state index in [1.165, 1.54) is 11.3 Å². The van der Waals surface area contributed by atoms with Gasteiger partial charge in [-0.2, -0.15) is 13.2 Å². The Bertz CT molecular complexity index is 596. The summed E-state index contributed by atoms with van der Waals surface area (Å²) in [4.78, 5) is 4.84. The number of rotatable bonds is 3. The molecule has 3 nitrogen and oxygen atoms in total. The molecule has 2 rings (SSSR count). The lowest BCUT2D eigenvalue weighted by Gasteiger charge is -2.10. The summed E-state index contributed by atoms with van der Waals surface area (Å²) in [5.41, 5.74) is 6.19. The number of aromatic nitrogens is 1. The predicted octanol–water partition coefficient (Wildman–Crippen LogP) is 3.05. The summed E-state index contributed by atoms with van der Waals surface area (Å²) in [5, 5.41) is 0. The van der Waals surface area contributed by atoms with Gasteiger partial charge in [-0.3, -0.25) is 9.19 Å². The fourth-order valence-electron chi connectivity index (χ4n) is 1.45. The fourth-order valence-corrected chi connectivity index (χ4v) is 3.45. The molecule has 0 bridgehead atoms. The smallest absolute Gasteiger partial charge is 0.398 e. The van der Waals surface area contributed by atoms with Crippen molar-refractivity contribution >= 4 is 27.8 Å². The Balaban J connectivity index is 2.24. The Morgan fingerprint density at radius 1 is 1.37 bits per heavy atom. The normalized spacial score (nSPS) is 13.4. The molecule has 102 valence electrons. The molecular formula is C11H9F3N2OS2. The van der Waals surface area contributed by atoms with Crippen molar-refractivity contribution in [2.45, 2.75) is 16.8 Å². The van der Waals surface area contributed by atoms with E-state index in [1.807, 2.05) is 0 Å². The molecule has 0 saturated carbocycles. The number of hydrogen-bond acceptors (Lipinski definition) is 4. The molecule has 2 aromatic rings. The zero-order valence-electron chi connectivity index (χ0n) is 9.48. The number of nitrogens with zero attached hydrogens (tertiary/aromatic N) is 1. The highest BCUT2D eigenvalue weighted by atomic mass is 32.2. The van der Waals surface area contributed by atoms with Crippen molar-refractivity contribution < 1.29 is 17.4 Å². The zero-order chi connectivity index (χ0) is 14.0. The molecule has 19 heavy (non-hydrogen) atoms. The van der Waals surface area contributed by atoms with Gasteiger partial charge in [0.15, 0.2) is 0 Å². The topological polar surface area (TPSA) is 56.0 Å². The van der Waals surface area contributed by atoms with Crippen LogP contribution in [0.25, 0.3) is 0 Å². The van der Waals surface area contributed by atoms with Gasteiger partial charge in [-0.05, 0) is 18.2 Å². The molecule has 0 aliphatic rings. The summed E-state index contributed by atoms with van der Waals surface area (Å²) in [6.07, 6.45) is -2.88. The molecule has 0 saturated heterocycles. The van der Waals surface area contributed by atoms with E-state index < -0.39 is 22.5 Å². The second-order valence-electron chi connectivity index (χ2n) is 3.71. The Morgan fingerprint density at radius 2 is 2.11 bits per heavy atom. The van der Waals surface area contributed by atoms with Crippen LogP contribution in [-0.2, 0) is 22.7 Å². The molecule has 0 aliphatic carbocycles. The Kier molecular flexibility index (Phi) is 3.91. The van der Waals surface area contributed by atoms with Crippen molar-refractivity contribution in [3.63, 3.8) is 0 Å². The van der Waals surface area contributed by atoms with Crippen LogP contribution in [0.5, 0.6) is 0 Å². The molecule has 8 heteroatoms. The van der Waals surface area contributed by atoms with Crippen LogP contribution in [0.15, 0.2) is 34.8 Å². The summed E-state index contributed by atoms with van der Waals surface area (Å²) in [6.45, 7) is 0. The van der Waals surface area contributed by atoms with Gasteiger partial charge in [0.05, 0.1) is 32.5 Å². The number of nitrogens with two attached hydrogens (primary N) is 1. The van der Waals surface area contributed by atoms with Crippen molar-refractivity contribution in [1.29, 1.82) is 0 Å². The van der Waals surface area contributed by atoms with Crippen molar-refractivity contribution in [3.8, 4) is 0 Å². The molecule has 0 aliphatic heterocycles. The number of halogens is 3. The number of nitrogen functional groups attached to an aromatic ring is 1. The summed E-state index contributed by atoms with van der Waals surface area (Å²) in [7, 11) is -1.48. The Hall–Kier alpha value is -1.41. The highest BCUT2D eigenvalue weighted by Gasteiger charge is 2.31. The summed E-state index contributed by atoms with van der Waals surface area (Å²) in [5.74, 6) is 0.195. The van der Waals surface area contributed by atoms with Crippen LogP contribution in [0.2, 0.25) is 0 Å². The maximum atomic E-state index is 12.5. The molecule has 0 spiro atoms. The third-order valence-corrected chi connectivity index (χ3v) is 4.74. The number of benzene rings is 1. The SMILES string of the molecule is Nc1cc(C(F)(F)F)ccc1S(=O)Cc1cncs1. The molecule has 0 radical (unpaired) electrons. The minimum absolute atomic E-state index is 0.113. The number of anilines is 1. The lowest BCUT2D eigenvalue weighted by atomic mass is 10.2. The third-order valence-electron chi connectivity index (χ3n) is 2.34. The van der Waals surface area contributed by atoms with Crippen LogP contribution in [0.1, 0.15) is 10.4 Å². The second-order valence-corrected chi connectivity index (χ2v) is 6.10. The zero-order valence-corrected chi connectivity index (χ0v) is 11.1. The van der Waals surface area contributed by atoms with E-state index >= 15 is 0 Å². The lowest BCUT2D eigenvalue weighted by molar-refractivity contribution is -0.137. The molecule has 1 atom stereocenters. The number of alkyl halides is 3. The fraction of sp³-hybridized carbons (Fsp3) is 0.182. The first kappa shape index (κ1) is 14.0.